The molecule has 0 aliphatic heterocycles. The number of aromatic nitrogens is 5. The first kappa shape index (κ1) is 20.3. The second-order valence-electron chi connectivity index (χ2n) is 6.73. The van der Waals surface area contributed by atoms with E-state index >= 15 is 0 Å². The fourth-order valence-corrected chi connectivity index (χ4v) is 3.07. The lowest BCUT2D eigenvalue weighted by Gasteiger charge is -2.14. The van der Waals surface area contributed by atoms with E-state index in [0.29, 0.717) is 11.3 Å². The van der Waals surface area contributed by atoms with Crippen LogP contribution in [0, 0.1) is 13.8 Å². The minimum absolute atomic E-state index is 0.0354. The maximum atomic E-state index is 13.3. The summed E-state index contributed by atoms with van der Waals surface area (Å²) in [5, 5.41) is 7.00. The number of benzene rings is 1. The summed E-state index contributed by atoms with van der Waals surface area (Å²) in [6.45, 7) is 3.30. The van der Waals surface area contributed by atoms with Crippen LogP contribution in [0.25, 0.3) is 17.0 Å². The molecule has 0 aliphatic carbocycles. The highest BCUT2D eigenvalue weighted by Crippen LogP contribution is 2.32. The molecular formula is C20H15F3N6O2. The van der Waals surface area contributed by atoms with E-state index in [2.05, 4.69) is 25.4 Å². The first-order chi connectivity index (χ1) is 14.7. The number of pyridine rings is 1. The van der Waals surface area contributed by atoms with E-state index in [0.717, 1.165) is 16.8 Å². The number of amides is 1. The van der Waals surface area contributed by atoms with Crippen molar-refractivity contribution in [3.63, 3.8) is 0 Å². The Morgan fingerprint density at radius 2 is 1.87 bits per heavy atom. The average molecular weight is 428 g/mol. The third kappa shape index (κ3) is 3.65. The van der Waals surface area contributed by atoms with Crippen molar-refractivity contribution in [1.29, 1.82) is 0 Å². The molecule has 2 N–H and O–H groups in total. The summed E-state index contributed by atoms with van der Waals surface area (Å²) < 4.78 is 41.1. The van der Waals surface area contributed by atoms with Crippen LogP contribution in [-0.2, 0) is 6.18 Å². The molecule has 8 nitrogen and oxygen atoms in total. The third-order valence-electron chi connectivity index (χ3n) is 4.74. The van der Waals surface area contributed by atoms with Gasteiger partial charge in [0.15, 0.2) is 5.65 Å². The molecule has 0 aliphatic rings. The van der Waals surface area contributed by atoms with Crippen LogP contribution in [0.5, 0.6) is 0 Å². The average Bonchev–Trinajstić information content (AvgIpc) is 3.01. The standard InChI is InChI=1S/C20H15F3N6O2/c1-10-11(2)28-29(19-25-15-13(18(31)27-19)7-5-9-24-15)16(10)26-17(30)12-6-3-4-8-14(12)20(21,22)23/h3-9H,1-2H3,(H,26,30)(H,24,25,27,31). The van der Waals surface area contributed by atoms with Gasteiger partial charge in [0, 0.05) is 11.8 Å². The first-order valence-corrected chi connectivity index (χ1v) is 9.06. The van der Waals surface area contributed by atoms with Crippen LogP contribution < -0.4 is 10.9 Å². The highest BCUT2D eigenvalue weighted by atomic mass is 19.4. The van der Waals surface area contributed by atoms with Gasteiger partial charge in [0.2, 0.25) is 5.95 Å². The van der Waals surface area contributed by atoms with Crippen LogP contribution in [0.15, 0.2) is 47.4 Å². The van der Waals surface area contributed by atoms with Gasteiger partial charge >= 0.3 is 6.18 Å². The number of hydrogen-bond donors (Lipinski definition) is 2. The van der Waals surface area contributed by atoms with Crippen molar-refractivity contribution in [2.45, 2.75) is 20.0 Å². The summed E-state index contributed by atoms with van der Waals surface area (Å²) in [5.74, 6) is -0.928. The summed E-state index contributed by atoms with van der Waals surface area (Å²) >= 11 is 0. The number of aromatic amines is 1. The molecule has 0 unspecified atom stereocenters. The van der Waals surface area contributed by atoms with E-state index in [9.17, 15) is 22.8 Å². The summed E-state index contributed by atoms with van der Waals surface area (Å²) in [7, 11) is 0. The van der Waals surface area contributed by atoms with Gasteiger partial charge in [0.05, 0.1) is 22.2 Å². The Labute approximate surface area is 172 Å². The smallest absolute Gasteiger partial charge is 0.306 e. The molecule has 158 valence electrons. The van der Waals surface area contributed by atoms with Gasteiger partial charge in [-0.2, -0.15) is 27.9 Å². The van der Waals surface area contributed by atoms with Gasteiger partial charge in [0.1, 0.15) is 5.82 Å². The number of fused-ring (bicyclic) bond motifs is 1. The van der Waals surface area contributed by atoms with E-state index in [1.165, 1.54) is 18.3 Å². The zero-order valence-corrected chi connectivity index (χ0v) is 16.3. The Morgan fingerprint density at radius 3 is 2.61 bits per heavy atom. The van der Waals surface area contributed by atoms with E-state index < -0.39 is 28.8 Å². The SMILES string of the molecule is Cc1nn(-c2nc3ncccc3c(=O)[nH]2)c(NC(=O)c2ccccc2C(F)(F)F)c1C. The van der Waals surface area contributed by atoms with Gasteiger partial charge in [-0.3, -0.25) is 14.6 Å². The molecule has 0 fully saturated rings. The minimum Gasteiger partial charge on any atom is -0.306 e. The maximum Gasteiger partial charge on any atom is 0.417 e. The molecule has 31 heavy (non-hydrogen) atoms. The molecular weight excluding hydrogens is 413 g/mol. The first-order valence-electron chi connectivity index (χ1n) is 9.06. The topological polar surface area (TPSA) is 106 Å². The summed E-state index contributed by atoms with van der Waals surface area (Å²) in [4.78, 5) is 36.0. The molecule has 0 saturated carbocycles. The monoisotopic (exact) mass is 428 g/mol. The Balaban J connectivity index is 1.81. The van der Waals surface area contributed by atoms with Gasteiger partial charge in [-0.1, -0.05) is 12.1 Å². The molecule has 0 radical (unpaired) electrons. The normalized spacial score (nSPS) is 11.6. The van der Waals surface area contributed by atoms with Crippen LogP contribution in [0.2, 0.25) is 0 Å². The van der Waals surface area contributed by atoms with Crippen molar-refractivity contribution in [3.8, 4) is 5.95 Å². The van der Waals surface area contributed by atoms with Gasteiger partial charge in [-0.15, -0.1) is 0 Å². The number of carbonyl (C=O) groups is 1. The molecule has 3 aromatic heterocycles. The van der Waals surface area contributed by atoms with Crippen LogP contribution >= 0.6 is 0 Å². The number of halogens is 3. The van der Waals surface area contributed by atoms with E-state index in [4.69, 9.17) is 0 Å². The van der Waals surface area contributed by atoms with Crippen molar-refractivity contribution < 1.29 is 18.0 Å². The minimum atomic E-state index is -4.70. The van der Waals surface area contributed by atoms with Crippen molar-refractivity contribution >= 4 is 22.8 Å². The zero-order valence-electron chi connectivity index (χ0n) is 16.3. The molecule has 3 heterocycles. The number of nitrogens with zero attached hydrogens (tertiary/aromatic N) is 4. The van der Waals surface area contributed by atoms with Crippen LogP contribution in [0.3, 0.4) is 0 Å². The number of alkyl halides is 3. The number of aryl methyl sites for hydroxylation is 1. The molecule has 0 saturated heterocycles. The number of rotatable bonds is 3. The van der Waals surface area contributed by atoms with Gasteiger partial charge < -0.3 is 5.32 Å². The van der Waals surface area contributed by atoms with Gasteiger partial charge in [-0.05, 0) is 38.1 Å². The molecule has 0 bridgehead atoms. The molecule has 0 atom stereocenters. The van der Waals surface area contributed by atoms with Crippen LogP contribution in [-0.4, -0.2) is 30.6 Å². The molecule has 1 aromatic carbocycles. The lowest BCUT2D eigenvalue weighted by Crippen LogP contribution is -2.22. The van der Waals surface area contributed by atoms with Crippen LogP contribution in [0.1, 0.15) is 27.2 Å². The van der Waals surface area contributed by atoms with Gasteiger partial charge in [-0.25, -0.2) is 4.98 Å². The lowest BCUT2D eigenvalue weighted by molar-refractivity contribution is -0.137. The highest BCUT2D eigenvalue weighted by molar-refractivity contribution is 6.05. The largest absolute Gasteiger partial charge is 0.417 e. The molecule has 0 spiro atoms. The fourth-order valence-electron chi connectivity index (χ4n) is 3.07. The Kier molecular flexibility index (Phi) is 4.80. The molecule has 1 amide bonds. The molecule has 4 rings (SSSR count). The highest BCUT2D eigenvalue weighted by Gasteiger charge is 2.35. The summed E-state index contributed by atoms with van der Waals surface area (Å²) in [6, 6.07) is 7.60. The van der Waals surface area contributed by atoms with E-state index in [1.807, 2.05) is 0 Å². The zero-order chi connectivity index (χ0) is 22.3. The Bertz CT molecular complexity index is 1370. The van der Waals surface area contributed by atoms with Crippen molar-refractivity contribution in [2.75, 3.05) is 5.32 Å². The number of H-pyrrole nitrogens is 1. The summed E-state index contributed by atoms with van der Waals surface area (Å²) in [6.07, 6.45) is -3.23. The van der Waals surface area contributed by atoms with Gasteiger partial charge in [0.25, 0.3) is 11.5 Å². The van der Waals surface area contributed by atoms with Crippen molar-refractivity contribution in [1.82, 2.24) is 24.7 Å². The molecule has 11 heteroatoms. The fraction of sp³-hybridized carbons (Fsp3) is 0.150. The predicted octanol–water partition coefficient (Wildman–Crippen LogP) is 3.39. The second kappa shape index (κ2) is 7.35. The quantitative estimate of drug-likeness (QED) is 0.520. The third-order valence-corrected chi connectivity index (χ3v) is 4.74. The lowest BCUT2D eigenvalue weighted by atomic mass is 10.1. The second-order valence-corrected chi connectivity index (χ2v) is 6.73. The number of nitrogens with one attached hydrogen (secondary N) is 2. The molecule has 4 aromatic rings. The van der Waals surface area contributed by atoms with E-state index in [1.54, 1.807) is 26.0 Å². The van der Waals surface area contributed by atoms with E-state index in [-0.39, 0.29) is 22.8 Å². The number of carbonyl (C=O) groups excluding carboxylic acids is 1. The Morgan fingerprint density at radius 1 is 1.13 bits per heavy atom. The van der Waals surface area contributed by atoms with Crippen LogP contribution in [0.4, 0.5) is 19.0 Å². The Hall–Kier alpha value is -4.02. The predicted molar refractivity (Wildman–Crippen MR) is 106 cm³/mol. The van der Waals surface area contributed by atoms with Crippen molar-refractivity contribution in [3.05, 3.63) is 75.3 Å². The number of anilines is 1. The number of hydrogen-bond acceptors (Lipinski definition) is 5. The van der Waals surface area contributed by atoms with Crippen molar-refractivity contribution in [2.24, 2.45) is 0 Å². The summed E-state index contributed by atoms with van der Waals surface area (Å²) in [5.41, 5.74) is -0.925. The maximum absolute atomic E-state index is 13.3.